The lowest BCUT2D eigenvalue weighted by Gasteiger charge is -2.23. The van der Waals surface area contributed by atoms with Crippen LogP contribution < -0.4 is 5.56 Å². The summed E-state index contributed by atoms with van der Waals surface area (Å²) in [6.45, 7) is 1.47. The molecule has 2 aromatic rings. The average Bonchev–Trinajstić information content (AvgIpc) is 3.29. The van der Waals surface area contributed by atoms with Gasteiger partial charge in [-0.3, -0.25) is 14.2 Å². The monoisotopic (exact) mass is 461 g/mol. The number of amides is 1. The minimum atomic E-state index is -0.0846. The average molecular weight is 462 g/mol. The number of rotatable bonds is 3. The number of fused-ring (bicyclic) bond motifs is 2. The molecule has 1 saturated heterocycles. The van der Waals surface area contributed by atoms with Crippen LogP contribution in [0.3, 0.4) is 0 Å². The number of carbonyl (C=O) groups excluding carboxylic acids is 1. The normalized spacial score (nSPS) is 23.2. The van der Waals surface area contributed by atoms with Crippen LogP contribution in [0.5, 0.6) is 0 Å². The van der Waals surface area contributed by atoms with Crippen LogP contribution in [0.15, 0.2) is 34.2 Å². The minimum Gasteiger partial charge on any atom is -0.342 e. The van der Waals surface area contributed by atoms with Gasteiger partial charge in [-0.25, -0.2) is 4.98 Å². The Morgan fingerprint density at radius 3 is 2.97 bits per heavy atom. The second kappa shape index (κ2) is 8.60. The number of aryl methyl sites for hydroxylation is 1. The number of aromatic nitrogens is 2. The highest BCUT2D eigenvalue weighted by Crippen LogP contribution is 2.38. The number of nitrogens with zero attached hydrogens (tertiary/aromatic N) is 3. The summed E-state index contributed by atoms with van der Waals surface area (Å²) in [5, 5.41) is 1.91. The van der Waals surface area contributed by atoms with Gasteiger partial charge in [0.15, 0.2) is 5.16 Å². The zero-order valence-electron chi connectivity index (χ0n) is 16.7. The van der Waals surface area contributed by atoms with E-state index in [1.807, 2.05) is 34.9 Å². The number of benzene rings is 1. The van der Waals surface area contributed by atoms with Crippen LogP contribution >= 0.6 is 35.1 Å². The molecule has 2 aliphatic heterocycles. The fourth-order valence-electron chi connectivity index (χ4n) is 4.64. The summed E-state index contributed by atoms with van der Waals surface area (Å²) < 4.78 is 1.80. The smallest absolute Gasteiger partial charge is 0.257 e. The molecule has 30 heavy (non-hydrogen) atoms. The number of halogens is 1. The van der Waals surface area contributed by atoms with Gasteiger partial charge in [0.1, 0.15) is 0 Å². The molecule has 0 radical (unpaired) electrons. The Balaban J connectivity index is 1.27. The summed E-state index contributed by atoms with van der Waals surface area (Å²) in [5.41, 5.74) is 3.08. The van der Waals surface area contributed by atoms with Crippen molar-refractivity contribution < 1.29 is 4.79 Å². The zero-order chi connectivity index (χ0) is 20.7. The van der Waals surface area contributed by atoms with Crippen LogP contribution in [-0.4, -0.2) is 45.0 Å². The Bertz CT molecular complexity index is 1040. The molecule has 5 nitrogen and oxygen atoms in total. The third-order valence-electron chi connectivity index (χ3n) is 6.23. The van der Waals surface area contributed by atoms with E-state index < -0.39 is 0 Å². The van der Waals surface area contributed by atoms with E-state index in [9.17, 15) is 9.59 Å². The van der Waals surface area contributed by atoms with Crippen molar-refractivity contribution >= 4 is 41.0 Å². The Hall–Kier alpha value is -1.44. The lowest BCUT2D eigenvalue weighted by atomic mass is 10.1. The molecule has 8 heteroatoms. The second-order valence-electron chi connectivity index (χ2n) is 8.07. The standard InChI is InChI=1S/C22H24ClN3O2S2/c23-17-6-2-1-4-15(17)19-8-9-25(10-11-29-19)20(27)12-14-13-30-22-24-18-7-3-5-16(18)21(28)26(14)22/h1-2,4,6,14,19H,3,5,7-13H2. The van der Waals surface area contributed by atoms with E-state index in [0.29, 0.717) is 11.7 Å². The number of thioether (sulfide) groups is 2. The fraction of sp³-hybridized carbons (Fsp3) is 0.500. The molecule has 1 aromatic carbocycles. The van der Waals surface area contributed by atoms with Crippen LogP contribution in [-0.2, 0) is 17.6 Å². The fourth-order valence-corrected chi connectivity index (χ4v) is 7.39. The van der Waals surface area contributed by atoms with E-state index >= 15 is 0 Å². The first kappa shape index (κ1) is 20.5. The van der Waals surface area contributed by atoms with Crippen molar-refractivity contribution in [2.75, 3.05) is 24.6 Å². The maximum Gasteiger partial charge on any atom is 0.257 e. The summed E-state index contributed by atoms with van der Waals surface area (Å²) in [6.07, 6.45) is 4.00. The molecule has 0 saturated carbocycles. The first-order valence-corrected chi connectivity index (χ1v) is 12.9. The minimum absolute atomic E-state index is 0.0838. The Morgan fingerprint density at radius 2 is 2.10 bits per heavy atom. The third-order valence-corrected chi connectivity index (χ3v) is 8.98. The summed E-state index contributed by atoms with van der Waals surface area (Å²) in [5.74, 6) is 1.79. The van der Waals surface area contributed by atoms with Crippen LogP contribution in [0.4, 0.5) is 0 Å². The molecule has 2 atom stereocenters. The van der Waals surface area contributed by atoms with Crippen molar-refractivity contribution in [2.45, 2.75) is 48.6 Å². The molecule has 0 N–H and O–H groups in total. The molecule has 0 spiro atoms. The van der Waals surface area contributed by atoms with Crippen molar-refractivity contribution in [3.05, 3.63) is 56.5 Å². The van der Waals surface area contributed by atoms with Gasteiger partial charge >= 0.3 is 0 Å². The molecule has 1 aromatic heterocycles. The largest absolute Gasteiger partial charge is 0.342 e. The van der Waals surface area contributed by atoms with Gasteiger partial charge < -0.3 is 4.90 Å². The van der Waals surface area contributed by atoms with Crippen LogP contribution in [0.2, 0.25) is 5.02 Å². The quantitative estimate of drug-likeness (QED) is 0.643. The predicted octanol–water partition coefficient (Wildman–Crippen LogP) is 4.13. The summed E-state index contributed by atoms with van der Waals surface area (Å²) in [6, 6.07) is 7.91. The van der Waals surface area contributed by atoms with Crippen molar-refractivity contribution in [3.8, 4) is 0 Å². The summed E-state index contributed by atoms with van der Waals surface area (Å²) in [4.78, 5) is 32.8. The van der Waals surface area contributed by atoms with Crippen molar-refractivity contribution in [2.24, 2.45) is 0 Å². The highest BCUT2D eigenvalue weighted by molar-refractivity contribution is 7.99. The van der Waals surface area contributed by atoms with Crippen molar-refractivity contribution in [3.63, 3.8) is 0 Å². The summed E-state index contributed by atoms with van der Waals surface area (Å²) >= 11 is 9.87. The number of hydrogen-bond acceptors (Lipinski definition) is 5. The van der Waals surface area contributed by atoms with E-state index in [-0.39, 0.29) is 17.5 Å². The van der Waals surface area contributed by atoms with E-state index in [1.54, 1.807) is 16.3 Å². The van der Waals surface area contributed by atoms with Gasteiger partial charge in [-0.1, -0.05) is 41.6 Å². The second-order valence-corrected chi connectivity index (χ2v) is 10.8. The molecule has 0 bridgehead atoms. The van der Waals surface area contributed by atoms with Gasteiger partial charge in [0.05, 0.1) is 11.7 Å². The van der Waals surface area contributed by atoms with Gasteiger partial charge in [-0.15, -0.1) is 0 Å². The highest BCUT2D eigenvalue weighted by atomic mass is 35.5. The molecular formula is C22H24ClN3O2S2. The first-order chi connectivity index (χ1) is 14.6. The van der Waals surface area contributed by atoms with Crippen LogP contribution in [0, 0.1) is 0 Å². The van der Waals surface area contributed by atoms with E-state index in [2.05, 4.69) is 6.07 Å². The van der Waals surface area contributed by atoms with Gasteiger partial charge in [0.2, 0.25) is 5.91 Å². The van der Waals surface area contributed by atoms with Crippen LogP contribution in [0.1, 0.15) is 47.4 Å². The maximum atomic E-state index is 13.1. The molecule has 1 fully saturated rings. The number of carbonyl (C=O) groups is 1. The van der Waals surface area contributed by atoms with Gasteiger partial charge in [-0.05, 0) is 37.3 Å². The molecule has 3 heterocycles. The lowest BCUT2D eigenvalue weighted by Crippen LogP contribution is -2.36. The van der Waals surface area contributed by atoms with Crippen molar-refractivity contribution in [1.82, 2.24) is 14.5 Å². The maximum absolute atomic E-state index is 13.1. The molecule has 2 unspecified atom stereocenters. The van der Waals surface area contributed by atoms with Gasteiger partial charge in [0, 0.05) is 46.9 Å². The predicted molar refractivity (Wildman–Crippen MR) is 123 cm³/mol. The van der Waals surface area contributed by atoms with Gasteiger partial charge in [0.25, 0.3) is 5.56 Å². The lowest BCUT2D eigenvalue weighted by molar-refractivity contribution is -0.131. The molecule has 158 valence electrons. The van der Waals surface area contributed by atoms with Gasteiger partial charge in [-0.2, -0.15) is 11.8 Å². The Morgan fingerprint density at radius 1 is 1.23 bits per heavy atom. The molecule has 5 rings (SSSR count). The molecular weight excluding hydrogens is 438 g/mol. The highest BCUT2D eigenvalue weighted by Gasteiger charge is 2.32. The summed E-state index contributed by atoms with van der Waals surface area (Å²) in [7, 11) is 0. The van der Waals surface area contributed by atoms with E-state index in [0.717, 1.165) is 77.3 Å². The zero-order valence-corrected chi connectivity index (χ0v) is 19.1. The molecule has 1 aliphatic carbocycles. The first-order valence-electron chi connectivity index (χ1n) is 10.5. The molecule has 1 amide bonds. The third kappa shape index (κ3) is 3.80. The van der Waals surface area contributed by atoms with Crippen molar-refractivity contribution in [1.29, 1.82) is 0 Å². The molecule has 3 aliphatic rings. The Labute approximate surface area is 189 Å². The number of hydrogen-bond donors (Lipinski definition) is 0. The van der Waals surface area contributed by atoms with E-state index in [1.165, 1.54) is 0 Å². The topological polar surface area (TPSA) is 55.2 Å². The Kier molecular flexibility index (Phi) is 5.86. The van der Waals surface area contributed by atoms with E-state index in [4.69, 9.17) is 16.6 Å². The van der Waals surface area contributed by atoms with Crippen LogP contribution in [0.25, 0.3) is 0 Å². The SMILES string of the molecule is O=C(CC1CSc2nc3c(c(=O)n21)CCC3)N1CCSC(c2ccccc2Cl)CC1.